The zero-order valence-electron chi connectivity index (χ0n) is 7.19. The van der Waals surface area contributed by atoms with Crippen LogP contribution in [-0.2, 0) is 0 Å². The fraction of sp³-hybridized carbons (Fsp3) is 0.875. The summed E-state index contributed by atoms with van der Waals surface area (Å²) >= 11 is 0. The van der Waals surface area contributed by atoms with Crippen LogP contribution in [0.15, 0.2) is 4.99 Å². The molecule has 2 nitrogen and oxygen atoms in total. The third-order valence-corrected chi connectivity index (χ3v) is 2.16. The van der Waals surface area contributed by atoms with E-state index in [9.17, 15) is 8.78 Å². The highest BCUT2D eigenvalue weighted by molar-refractivity contribution is 5.83. The SMILES string of the molecule is CCN=C(N)C1CCC(F)(F)C1. The summed E-state index contributed by atoms with van der Waals surface area (Å²) in [7, 11) is 0. The summed E-state index contributed by atoms with van der Waals surface area (Å²) in [6.07, 6.45) is 0.308. The molecule has 70 valence electrons. The third-order valence-electron chi connectivity index (χ3n) is 2.16. The normalized spacial score (nSPS) is 29.2. The number of rotatable bonds is 2. The summed E-state index contributed by atoms with van der Waals surface area (Å²) in [5.41, 5.74) is 5.53. The molecule has 0 saturated heterocycles. The average Bonchev–Trinajstić information content (AvgIpc) is 2.31. The number of hydrogen-bond donors (Lipinski definition) is 1. The van der Waals surface area contributed by atoms with Crippen molar-refractivity contribution < 1.29 is 8.78 Å². The number of halogens is 2. The summed E-state index contributed by atoms with van der Waals surface area (Å²) in [4.78, 5) is 3.93. The topological polar surface area (TPSA) is 38.4 Å². The summed E-state index contributed by atoms with van der Waals surface area (Å²) in [5.74, 6) is -2.31. The molecule has 0 aliphatic heterocycles. The minimum absolute atomic E-state index is 0.0440. The monoisotopic (exact) mass is 176 g/mol. The van der Waals surface area contributed by atoms with Crippen LogP contribution < -0.4 is 5.73 Å². The zero-order valence-corrected chi connectivity index (χ0v) is 7.19. The first-order chi connectivity index (χ1) is 5.55. The first-order valence-corrected chi connectivity index (χ1v) is 4.23. The molecule has 1 fully saturated rings. The molecule has 0 aromatic carbocycles. The van der Waals surface area contributed by atoms with Crippen LogP contribution in [0.3, 0.4) is 0 Å². The predicted octanol–water partition coefficient (Wildman–Crippen LogP) is 1.80. The van der Waals surface area contributed by atoms with Gasteiger partial charge in [-0.15, -0.1) is 0 Å². The molecule has 2 N–H and O–H groups in total. The van der Waals surface area contributed by atoms with E-state index < -0.39 is 5.92 Å². The van der Waals surface area contributed by atoms with Crippen molar-refractivity contribution in [1.82, 2.24) is 0 Å². The second-order valence-electron chi connectivity index (χ2n) is 3.19. The molecule has 0 radical (unpaired) electrons. The van der Waals surface area contributed by atoms with Crippen LogP contribution in [0.5, 0.6) is 0 Å². The third kappa shape index (κ3) is 2.16. The summed E-state index contributed by atoms with van der Waals surface area (Å²) in [5, 5.41) is 0. The van der Waals surface area contributed by atoms with E-state index in [-0.39, 0.29) is 18.8 Å². The Morgan fingerprint density at radius 1 is 1.67 bits per heavy atom. The van der Waals surface area contributed by atoms with Crippen LogP contribution in [0.1, 0.15) is 26.2 Å². The van der Waals surface area contributed by atoms with Gasteiger partial charge in [-0.3, -0.25) is 4.99 Å². The first kappa shape index (κ1) is 9.42. The van der Waals surface area contributed by atoms with Crippen LogP contribution in [0.2, 0.25) is 0 Å². The molecule has 1 aliphatic carbocycles. The molecule has 0 spiro atoms. The lowest BCUT2D eigenvalue weighted by atomic mass is 10.1. The van der Waals surface area contributed by atoms with Crippen molar-refractivity contribution >= 4 is 5.84 Å². The average molecular weight is 176 g/mol. The van der Waals surface area contributed by atoms with Gasteiger partial charge in [0.15, 0.2) is 0 Å². The van der Waals surface area contributed by atoms with Crippen molar-refractivity contribution in [2.45, 2.75) is 32.1 Å². The maximum atomic E-state index is 12.7. The number of amidine groups is 1. The zero-order chi connectivity index (χ0) is 9.19. The van der Waals surface area contributed by atoms with Gasteiger partial charge in [0.1, 0.15) is 0 Å². The van der Waals surface area contributed by atoms with Gasteiger partial charge in [-0.05, 0) is 13.3 Å². The van der Waals surface area contributed by atoms with E-state index in [4.69, 9.17) is 5.73 Å². The largest absolute Gasteiger partial charge is 0.387 e. The minimum Gasteiger partial charge on any atom is -0.387 e. The van der Waals surface area contributed by atoms with Gasteiger partial charge in [0.2, 0.25) is 5.92 Å². The molecule has 1 saturated carbocycles. The van der Waals surface area contributed by atoms with Crippen LogP contribution in [0.4, 0.5) is 8.78 Å². The van der Waals surface area contributed by atoms with Crippen molar-refractivity contribution in [3.8, 4) is 0 Å². The maximum absolute atomic E-state index is 12.7. The molecule has 1 atom stereocenters. The molecule has 1 aliphatic rings. The van der Waals surface area contributed by atoms with Crippen molar-refractivity contribution in [3.05, 3.63) is 0 Å². The van der Waals surface area contributed by atoms with E-state index in [0.29, 0.717) is 18.8 Å². The molecule has 1 unspecified atom stereocenters. The van der Waals surface area contributed by atoms with E-state index in [2.05, 4.69) is 4.99 Å². The van der Waals surface area contributed by atoms with Gasteiger partial charge < -0.3 is 5.73 Å². The van der Waals surface area contributed by atoms with E-state index >= 15 is 0 Å². The fourth-order valence-electron chi connectivity index (χ4n) is 1.51. The van der Waals surface area contributed by atoms with Crippen LogP contribution in [0.25, 0.3) is 0 Å². The number of nitrogens with zero attached hydrogens (tertiary/aromatic N) is 1. The fourth-order valence-corrected chi connectivity index (χ4v) is 1.51. The van der Waals surface area contributed by atoms with Crippen molar-refractivity contribution in [1.29, 1.82) is 0 Å². The summed E-state index contributed by atoms with van der Waals surface area (Å²) in [6.45, 7) is 2.42. The van der Waals surface area contributed by atoms with Gasteiger partial charge in [-0.25, -0.2) is 8.78 Å². The van der Waals surface area contributed by atoms with Crippen LogP contribution >= 0.6 is 0 Å². The highest BCUT2D eigenvalue weighted by atomic mass is 19.3. The number of nitrogens with two attached hydrogens (primary N) is 1. The molecule has 0 aromatic heterocycles. The Bertz CT molecular complexity index is 189. The van der Waals surface area contributed by atoms with Gasteiger partial charge in [-0.2, -0.15) is 0 Å². The molecule has 0 heterocycles. The van der Waals surface area contributed by atoms with Gasteiger partial charge in [0.25, 0.3) is 0 Å². The van der Waals surface area contributed by atoms with Crippen LogP contribution in [-0.4, -0.2) is 18.3 Å². The van der Waals surface area contributed by atoms with E-state index in [1.54, 1.807) is 0 Å². The number of alkyl halides is 2. The second kappa shape index (κ2) is 3.37. The van der Waals surface area contributed by atoms with E-state index in [0.717, 1.165) is 0 Å². The summed E-state index contributed by atoms with van der Waals surface area (Å²) < 4.78 is 25.4. The first-order valence-electron chi connectivity index (χ1n) is 4.23. The Balaban J connectivity index is 2.52. The summed E-state index contributed by atoms with van der Waals surface area (Å²) in [6, 6.07) is 0. The van der Waals surface area contributed by atoms with Crippen molar-refractivity contribution in [2.75, 3.05) is 6.54 Å². The van der Waals surface area contributed by atoms with Crippen LogP contribution in [0, 0.1) is 5.92 Å². The quantitative estimate of drug-likeness (QED) is 0.505. The lowest BCUT2D eigenvalue weighted by molar-refractivity contribution is 0.00731. The standard InChI is InChI=1S/C8H14F2N2/c1-2-12-7(11)6-3-4-8(9,10)5-6/h6H,2-5H2,1H3,(H2,11,12). The predicted molar refractivity (Wildman–Crippen MR) is 44.5 cm³/mol. The molecule has 1 rings (SSSR count). The lowest BCUT2D eigenvalue weighted by Gasteiger charge is -2.09. The Morgan fingerprint density at radius 2 is 2.33 bits per heavy atom. The molecular formula is C8H14F2N2. The Kier molecular flexibility index (Phi) is 2.65. The van der Waals surface area contributed by atoms with E-state index in [1.807, 2.05) is 6.92 Å². The molecular weight excluding hydrogens is 162 g/mol. The van der Waals surface area contributed by atoms with Gasteiger partial charge in [0.05, 0.1) is 5.84 Å². The highest BCUT2D eigenvalue weighted by Crippen LogP contribution is 2.38. The van der Waals surface area contributed by atoms with Gasteiger partial charge >= 0.3 is 0 Å². The van der Waals surface area contributed by atoms with Crippen molar-refractivity contribution in [2.24, 2.45) is 16.6 Å². The van der Waals surface area contributed by atoms with Gasteiger partial charge in [-0.1, -0.05) is 0 Å². The molecule has 12 heavy (non-hydrogen) atoms. The molecule has 4 heteroatoms. The Morgan fingerprint density at radius 3 is 2.75 bits per heavy atom. The number of hydrogen-bond acceptors (Lipinski definition) is 1. The van der Waals surface area contributed by atoms with E-state index in [1.165, 1.54) is 0 Å². The smallest absolute Gasteiger partial charge is 0.248 e. The molecule has 0 aromatic rings. The minimum atomic E-state index is -2.52. The Labute approximate surface area is 70.9 Å². The highest BCUT2D eigenvalue weighted by Gasteiger charge is 2.40. The molecule has 0 amide bonds. The lowest BCUT2D eigenvalue weighted by Crippen LogP contribution is -2.23. The number of aliphatic imine (C=N–C) groups is 1. The van der Waals surface area contributed by atoms with Gasteiger partial charge in [0, 0.05) is 25.3 Å². The maximum Gasteiger partial charge on any atom is 0.248 e. The van der Waals surface area contributed by atoms with Crippen molar-refractivity contribution in [3.63, 3.8) is 0 Å². The second-order valence-corrected chi connectivity index (χ2v) is 3.19. The Hall–Kier alpha value is -0.670. The molecule has 0 bridgehead atoms.